The molecule has 1 radical (unpaired) electrons. The van der Waals surface area contributed by atoms with Crippen molar-refractivity contribution in [2.24, 2.45) is 0 Å². The number of benzene rings is 1. The molecule has 0 N–H and O–H groups in total. The smallest absolute Gasteiger partial charge is 0.132 e. The van der Waals surface area contributed by atoms with E-state index in [9.17, 15) is 4.79 Å². The molecule has 0 spiro atoms. The van der Waals surface area contributed by atoms with E-state index >= 15 is 0 Å². The van der Waals surface area contributed by atoms with Crippen molar-refractivity contribution in [3.63, 3.8) is 0 Å². The monoisotopic (exact) mass is 355 g/mol. The number of hydrogen-bond donors (Lipinski definition) is 0. The first-order valence-corrected chi connectivity index (χ1v) is 6.91. The van der Waals surface area contributed by atoms with Gasteiger partial charge in [0.1, 0.15) is 5.78 Å². The maximum Gasteiger partial charge on any atom is 0.132 e. The summed E-state index contributed by atoms with van der Waals surface area (Å²) in [6, 6.07) is 12.0. The Hall–Kier alpha value is -0.00610. The topological polar surface area (TPSA) is 17.1 Å². The van der Waals surface area contributed by atoms with Crippen LogP contribution in [0.5, 0.6) is 0 Å². The van der Waals surface area contributed by atoms with Gasteiger partial charge in [0.2, 0.25) is 0 Å². The van der Waals surface area contributed by atoms with Gasteiger partial charge in [0.05, 0.1) is 0 Å². The van der Waals surface area contributed by atoms with Gasteiger partial charge < -0.3 is 14.9 Å². The molecule has 1 aliphatic carbocycles. The third kappa shape index (κ3) is 26.5. The predicted molar refractivity (Wildman–Crippen MR) is 90.1 cm³/mol. The second-order valence-electron chi connectivity index (χ2n) is 3.25. The Morgan fingerprint density at radius 2 is 0.900 bits per heavy atom. The molecule has 0 amide bonds. The van der Waals surface area contributed by atoms with Crippen molar-refractivity contribution in [3.05, 3.63) is 51.3 Å². The first kappa shape index (κ1) is 32.1. The van der Waals surface area contributed by atoms with Crippen LogP contribution in [-0.4, -0.2) is 5.78 Å². The molecule has 0 aromatic heterocycles. The molecule has 20 heavy (non-hydrogen) atoms. The molecule has 0 heterocycles. The second kappa shape index (κ2) is 31.4. The molecule has 0 aliphatic heterocycles. The first-order valence-electron chi connectivity index (χ1n) is 6.91. The molecule has 0 atom stereocenters. The molecule has 117 valence electrons. The van der Waals surface area contributed by atoms with Crippen molar-refractivity contribution in [2.75, 3.05) is 0 Å². The minimum Gasteiger partial charge on any atom is -0.358 e. The molecule has 0 bridgehead atoms. The standard InChI is InChI=1S/C6H10O.C6H6.2C2H6.2CH3.Y/c7-6-4-2-1-3-5-6;1-2-4-6-5-3-1;2*1-2;;;/h1-5H2;1-6H;2*1-2H3;2*1H3;/q;;;;2*-1;. The van der Waals surface area contributed by atoms with Gasteiger partial charge in [-0.15, -0.1) is 0 Å². The maximum atomic E-state index is 10.5. The van der Waals surface area contributed by atoms with Crippen LogP contribution in [0.1, 0.15) is 59.8 Å². The Kier molecular flexibility index (Phi) is 50.4. The summed E-state index contributed by atoms with van der Waals surface area (Å²) in [7, 11) is 0. The number of carbonyl (C=O) groups is 1. The maximum absolute atomic E-state index is 10.5. The summed E-state index contributed by atoms with van der Waals surface area (Å²) in [5.41, 5.74) is 0. The van der Waals surface area contributed by atoms with Gasteiger partial charge in [-0.25, -0.2) is 0 Å². The van der Waals surface area contributed by atoms with Crippen molar-refractivity contribution in [1.82, 2.24) is 0 Å². The minimum atomic E-state index is 0. The van der Waals surface area contributed by atoms with Crippen LogP contribution in [-0.2, 0) is 37.5 Å². The third-order valence-electron chi connectivity index (χ3n) is 2.08. The van der Waals surface area contributed by atoms with Crippen LogP contribution in [0.15, 0.2) is 36.4 Å². The van der Waals surface area contributed by atoms with E-state index in [1.807, 2.05) is 64.1 Å². The molecule has 1 saturated carbocycles. The van der Waals surface area contributed by atoms with Crippen LogP contribution in [0, 0.1) is 14.9 Å². The SMILES string of the molecule is CC.CC.O=C1CCCCC1.[CH3-].[CH3-].[Y].c1ccccc1. The Bertz CT molecular complexity index is 200. The summed E-state index contributed by atoms with van der Waals surface area (Å²) >= 11 is 0. The number of Topliss-reactive ketones (excluding diaryl/α,β-unsaturated/α-hetero) is 1. The molecule has 2 rings (SSSR count). The fourth-order valence-electron chi connectivity index (χ4n) is 1.33. The largest absolute Gasteiger partial charge is 0.358 e. The number of rotatable bonds is 0. The van der Waals surface area contributed by atoms with E-state index in [-0.39, 0.29) is 47.6 Å². The van der Waals surface area contributed by atoms with E-state index in [1.165, 1.54) is 6.42 Å². The van der Waals surface area contributed by atoms with E-state index in [2.05, 4.69) is 0 Å². The summed E-state index contributed by atoms with van der Waals surface area (Å²) in [6.07, 6.45) is 5.24. The molecular weight excluding hydrogens is 321 g/mol. The number of carbonyl (C=O) groups excluding carboxylic acids is 1. The zero-order chi connectivity index (χ0) is 13.4. The average molecular weight is 355 g/mol. The second-order valence-corrected chi connectivity index (χ2v) is 3.25. The Labute approximate surface area is 153 Å². The summed E-state index contributed by atoms with van der Waals surface area (Å²) in [6.45, 7) is 8.00. The van der Waals surface area contributed by atoms with Crippen LogP contribution < -0.4 is 0 Å². The van der Waals surface area contributed by atoms with E-state index in [0.29, 0.717) is 5.78 Å². The van der Waals surface area contributed by atoms with Gasteiger partial charge in [-0.1, -0.05) is 70.5 Å². The Morgan fingerprint density at radius 3 is 1.05 bits per heavy atom. The Morgan fingerprint density at radius 1 is 0.650 bits per heavy atom. The van der Waals surface area contributed by atoms with Crippen LogP contribution in [0.4, 0.5) is 0 Å². The van der Waals surface area contributed by atoms with Gasteiger partial charge in [-0.05, 0) is 12.8 Å². The van der Waals surface area contributed by atoms with Crippen LogP contribution in [0.3, 0.4) is 0 Å². The van der Waals surface area contributed by atoms with Gasteiger partial charge >= 0.3 is 0 Å². The van der Waals surface area contributed by atoms with Crippen LogP contribution >= 0.6 is 0 Å². The fraction of sp³-hybridized carbons (Fsp3) is 0.500. The van der Waals surface area contributed by atoms with Crippen molar-refractivity contribution in [1.29, 1.82) is 0 Å². The molecule has 1 aliphatic rings. The van der Waals surface area contributed by atoms with Crippen molar-refractivity contribution >= 4 is 5.78 Å². The van der Waals surface area contributed by atoms with E-state index in [4.69, 9.17) is 0 Å². The van der Waals surface area contributed by atoms with Crippen LogP contribution in [0.25, 0.3) is 0 Å². The number of hydrogen-bond acceptors (Lipinski definition) is 1. The van der Waals surface area contributed by atoms with E-state index in [1.54, 1.807) is 0 Å². The molecule has 1 aromatic rings. The molecule has 2 heteroatoms. The van der Waals surface area contributed by atoms with Gasteiger partial charge in [-0.3, -0.25) is 4.79 Å². The molecule has 0 unspecified atom stereocenters. The fourth-order valence-corrected chi connectivity index (χ4v) is 1.33. The first-order chi connectivity index (χ1) is 8.39. The molecule has 1 aromatic carbocycles. The normalized spacial score (nSPS) is 10.9. The minimum absolute atomic E-state index is 0. The van der Waals surface area contributed by atoms with Crippen molar-refractivity contribution in [3.8, 4) is 0 Å². The average Bonchev–Trinajstić information content (AvgIpc) is 2.47. The predicted octanol–water partition coefficient (Wildman–Crippen LogP) is 6.16. The number of ketones is 1. The van der Waals surface area contributed by atoms with Crippen LogP contribution in [0.2, 0.25) is 0 Å². The zero-order valence-corrected chi connectivity index (χ0v) is 17.3. The quantitative estimate of drug-likeness (QED) is 0.510. The third-order valence-corrected chi connectivity index (χ3v) is 2.08. The summed E-state index contributed by atoms with van der Waals surface area (Å²) in [5, 5.41) is 0. The summed E-state index contributed by atoms with van der Waals surface area (Å²) in [4.78, 5) is 10.5. The summed E-state index contributed by atoms with van der Waals surface area (Å²) in [5.74, 6) is 0.464. The van der Waals surface area contributed by atoms with Gasteiger partial charge in [0, 0.05) is 45.6 Å². The van der Waals surface area contributed by atoms with Gasteiger partial charge in [0.15, 0.2) is 0 Å². The molecule has 1 fully saturated rings. The van der Waals surface area contributed by atoms with Crippen molar-refractivity contribution < 1.29 is 37.5 Å². The molecule has 1 nitrogen and oxygen atoms in total. The van der Waals surface area contributed by atoms with E-state index < -0.39 is 0 Å². The molecular formula is C18H34OY-2. The zero-order valence-electron chi connectivity index (χ0n) is 14.5. The Balaban J connectivity index is -0.0000000539. The van der Waals surface area contributed by atoms with E-state index in [0.717, 1.165) is 25.7 Å². The van der Waals surface area contributed by atoms with Gasteiger partial charge in [-0.2, -0.15) is 0 Å². The summed E-state index contributed by atoms with van der Waals surface area (Å²) < 4.78 is 0. The molecule has 0 saturated heterocycles. The van der Waals surface area contributed by atoms with Gasteiger partial charge in [0.25, 0.3) is 0 Å². The van der Waals surface area contributed by atoms with Crippen molar-refractivity contribution in [2.45, 2.75) is 59.8 Å².